The monoisotopic (exact) mass is 653 g/mol. The van der Waals surface area contributed by atoms with Gasteiger partial charge in [0.2, 0.25) is 17.7 Å². The Labute approximate surface area is 264 Å². The number of fused-ring (bicyclic) bond motifs is 2. The van der Waals surface area contributed by atoms with Crippen molar-refractivity contribution in [3.63, 3.8) is 0 Å². The molecule has 3 aromatic rings. The van der Waals surface area contributed by atoms with E-state index in [0.29, 0.717) is 49.5 Å². The van der Waals surface area contributed by atoms with Crippen molar-refractivity contribution in [2.45, 2.75) is 74.9 Å². The van der Waals surface area contributed by atoms with Gasteiger partial charge in [0.05, 0.1) is 6.20 Å². The lowest BCUT2D eigenvalue weighted by Crippen LogP contribution is -2.56. The molecule has 5 atom stereocenters. The lowest BCUT2D eigenvalue weighted by Gasteiger charge is -2.36. The van der Waals surface area contributed by atoms with Gasteiger partial charge in [0.25, 0.3) is 11.5 Å². The molecule has 14 heteroatoms. The molecule has 2 aromatic carbocycles. The van der Waals surface area contributed by atoms with E-state index in [9.17, 15) is 37.9 Å². The van der Waals surface area contributed by atoms with Crippen LogP contribution >= 0.6 is 7.60 Å². The SMILES string of the molecule is Cn1ncc(C2CCN(C(=O)[C@@H]3CC[C@@H]4CCCC[C@H](NC(=O)c5ccc6ccc(C(F)P(=O)(O)O)cc6c5)C(=O)N43)C2)cc1=O. The van der Waals surface area contributed by atoms with Crippen molar-refractivity contribution in [1.29, 1.82) is 0 Å². The Kier molecular flexibility index (Phi) is 8.84. The average molecular weight is 654 g/mol. The first-order valence-electron chi connectivity index (χ1n) is 15.6. The van der Waals surface area contributed by atoms with Crippen LogP contribution in [-0.4, -0.2) is 78.3 Å². The largest absolute Gasteiger partial charge is 0.363 e. The van der Waals surface area contributed by atoms with Gasteiger partial charge in [0.15, 0.2) is 0 Å². The fourth-order valence-corrected chi connectivity index (χ4v) is 7.60. The molecule has 3 saturated heterocycles. The highest BCUT2D eigenvalue weighted by atomic mass is 31.2. The van der Waals surface area contributed by atoms with Crippen LogP contribution in [0.5, 0.6) is 0 Å². The molecule has 12 nitrogen and oxygen atoms in total. The highest BCUT2D eigenvalue weighted by molar-refractivity contribution is 7.51. The van der Waals surface area contributed by atoms with Crippen molar-refractivity contribution in [3.05, 3.63) is 75.7 Å². The summed E-state index contributed by atoms with van der Waals surface area (Å²) in [7, 11) is -3.42. The maximum Gasteiger partial charge on any atom is 0.363 e. The molecule has 3 amide bonds. The third-order valence-electron chi connectivity index (χ3n) is 9.58. The van der Waals surface area contributed by atoms with Gasteiger partial charge in [-0.15, -0.1) is 0 Å². The van der Waals surface area contributed by atoms with Crippen molar-refractivity contribution in [2.75, 3.05) is 13.1 Å². The van der Waals surface area contributed by atoms with Gasteiger partial charge in [-0.1, -0.05) is 31.0 Å². The Morgan fingerprint density at radius 1 is 1.00 bits per heavy atom. The van der Waals surface area contributed by atoms with Gasteiger partial charge in [-0.05, 0) is 72.2 Å². The fraction of sp³-hybridized carbons (Fsp3) is 0.469. The molecule has 4 heterocycles. The maximum atomic E-state index is 14.3. The molecule has 3 aliphatic rings. The molecule has 2 unspecified atom stereocenters. The van der Waals surface area contributed by atoms with Crippen molar-refractivity contribution in [1.82, 2.24) is 24.9 Å². The lowest BCUT2D eigenvalue weighted by atomic mass is 9.98. The second-order valence-corrected chi connectivity index (χ2v) is 14.2. The van der Waals surface area contributed by atoms with E-state index in [1.165, 1.54) is 28.9 Å². The number of aromatic nitrogens is 2. The molecule has 0 aliphatic carbocycles. The summed E-state index contributed by atoms with van der Waals surface area (Å²) in [6.45, 7) is 0.959. The zero-order valence-electron chi connectivity index (χ0n) is 25.4. The molecule has 3 aliphatic heterocycles. The summed E-state index contributed by atoms with van der Waals surface area (Å²) in [6.07, 6.45) is 6.40. The fourth-order valence-electron chi connectivity index (χ4n) is 7.05. The molecule has 244 valence electrons. The third kappa shape index (κ3) is 6.36. The number of hydrogen-bond donors (Lipinski definition) is 3. The van der Waals surface area contributed by atoms with Crippen LogP contribution in [0.1, 0.15) is 78.3 Å². The number of amides is 3. The van der Waals surface area contributed by atoms with Crippen LogP contribution in [0.2, 0.25) is 0 Å². The van der Waals surface area contributed by atoms with Crippen LogP contribution in [0.4, 0.5) is 4.39 Å². The molecule has 0 bridgehead atoms. The van der Waals surface area contributed by atoms with Crippen LogP contribution in [0.3, 0.4) is 0 Å². The van der Waals surface area contributed by atoms with Gasteiger partial charge in [-0.3, -0.25) is 23.7 Å². The predicted octanol–water partition coefficient (Wildman–Crippen LogP) is 3.13. The number of rotatable bonds is 6. The molecule has 46 heavy (non-hydrogen) atoms. The van der Waals surface area contributed by atoms with Crippen LogP contribution in [0.25, 0.3) is 10.8 Å². The van der Waals surface area contributed by atoms with Gasteiger partial charge < -0.3 is 24.9 Å². The van der Waals surface area contributed by atoms with Gasteiger partial charge >= 0.3 is 7.60 Å². The number of likely N-dealkylation sites (tertiary alicyclic amines) is 1. The molecule has 0 spiro atoms. The molecular formula is C32H37FN5O7P. The minimum atomic E-state index is -5.01. The summed E-state index contributed by atoms with van der Waals surface area (Å²) in [5, 5.41) is 8.05. The number of alkyl halides is 1. The molecular weight excluding hydrogens is 616 g/mol. The molecule has 0 radical (unpaired) electrons. The second kappa shape index (κ2) is 12.7. The van der Waals surface area contributed by atoms with Crippen LogP contribution in [0.15, 0.2) is 53.5 Å². The van der Waals surface area contributed by atoms with Crippen molar-refractivity contribution in [2.24, 2.45) is 7.05 Å². The Morgan fingerprint density at radius 2 is 1.76 bits per heavy atom. The number of hydrogen-bond acceptors (Lipinski definition) is 6. The first-order valence-corrected chi connectivity index (χ1v) is 17.3. The van der Waals surface area contributed by atoms with E-state index in [4.69, 9.17) is 0 Å². The summed E-state index contributed by atoms with van der Waals surface area (Å²) >= 11 is 0. The lowest BCUT2D eigenvalue weighted by molar-refractivity contribution is -0.146. The van der Waals surface area contributed by atoms with E-state index in [2.05, 4.69) is 10.4 Å². The zero-order valence-corrected chi connectivity index (χ0v) is 26.3. The summed E-state index contributed by atoms with van der Waals surface area (Å²) < 4.78 is 27.0. The van der Waals surface area contributed by atoms with Crippen LogP contribution in [-0.2, 0) is 21.2 Å². The quantitative estimate of drug-likeness (QED) is 0.342. The number of aryl methyl sites for hydroxylation is 1. The summed E-state index contributed by atoms with van der Waals surface area (Å²) in [6, 6.07) is 8.85. The average Bonchev–Trinajstić information content (AvgIpc) is 3.69. The highest BCUT2D eigenvalue weighted by Gasteiger charge is 2.46. The minimum Gasteiger partial charge on any atom is -0.340 e. The Balaban J connectivity index is 1.17. The predicted molar refractivity (Wildman–Crippen MR) is 167 cm³/mol. The number of nitrogens with zero attached hydrogens (tertiary/aromatic N) is 4. The van der Waals surface area contributed by atoms with Crippen molar-refractivity contribution < 1.29 is 33.1 Å². The van der Waals surface area contributed by atoms with Crippen molar-refractivity contribution >= 4 is 36.1 Å². The topological polar surface area (TPSA) is 162 Å². The number of benzene rings is 2. The molecule has 3 N–H and O–H groups in total. The minimum absolute atomic E-state index is 0.0109. The van der Waals surface area contributed by atoms with E-state index in [0.717, 1.165) is 24.8 Å². The maximum absolute atomic E-state index is 14.3. The van der Waals surface area contributed by atoms with Crippen LogP contribution < -0.4 is 10.9 Å². The smallest absolute Gasteiger partial charge is 0.340 e. The summed E-state index contributed by atoms with van der Waals surface area (Å²) in [5.74, 6) is -3.41. The van der Waals surface area contributed by atoms with E-state index in [1.807, 2.05) is 0 Å². The van der Waals surface area contributed by atoms with E-state index < -0.39 is 31.5 Å². The van der Waals surface area contributed by atoms with Gasteiger partial charge in [0, 0.05) is 43.7 Å². The number of nitrogens with one attached hydrogen (secondary N) is 1. The molecule has 1 aromatic heterocycles. The third-order valence-corrected chi connectivity index (χ3v) is 10.5. The highest BCUT2D eigenvalue weighted by Crippen LogP contribution is 2.53. The zero-order chi connectivity index (χ0) is 32.7. The Hall–Kier alpha value is -3.93. The molecule has 6 rings (SSSR count). The standard InChI is InChI=1S/C32H37FN5O7P/c1-36-28(39)16-24(17-34-36)22-12-13-37(18-22)32(42)27-11-10-25-4-2-3-5-26(31(41)38(25)27)35-30(40)21-9-7-19-6-8-20(14-23(19)15-21)29(33)46(43,44)45/h6-9,14-17,22,25-27,29H,2-5,10-13,18H2,1H3,(H,35,40)(H2,43,44,45)/t22?,25-,26-,27-,29?/m0/s1. The Bertz CT molecular complexity index is 1790. The van der Waals surface area contributed by atoms with Crippen LogP contribution in [0, 0.1) is 0 Å². The number of halogens is 1. The normalized spacial score (nSPS) is 24.4. The van der Waals surface area contributed by atoms with E-state index in [-0.39, 0.29) is 40.5 Å². The van der Waals surface area contributed by atoms with Gasteiger partial charge in [-0.25, -0.2) is 9.07 Å². The van der Waals surface area contributed by atoms with E-state index >= 15 is 0 Å². The molecule has 3 fully saturated rings. The first kappa shape index (κ1) is 32.0. The Morgan fingerprint density at radius 3 is 2.52 bits per heavy atom. The second-order valence-electron chi connectivity index (χ2n) is 12.6. The number of carbonyl (C=O) groups excluding carboxylic acids is 3. The molecule has 0 saturated carbocycles. The van der Waals surface area contributed by atoms with Gasteiger partial charge in [0.1, 0.15) is 12.1 Å². The first-order chi connectivity index (χ1) is 21.9. The van der Waals surface area contributed by atoms with Gasteiger partial charge in [-0.2, -0.15) is 5.10 Å². The summed E-state index contributed by atoms with van der Waals surface area (Å²) in [4.78, 5) is 75.4. The summed E-state index contributed by atoms with van der Waals surface area (Å²) in [5.41, 5.74) is 0.606. The van der Waals surface area contributed by atoms with E-state index in [1.54, 1.807) is 41.2 Å². The van der Waals surface area contributed by atoms with Crippen molar-refractivity contribution in [3.8, 4) is 0 Å². The number of carbonyl (C=O) groups is 3.